The quantitative estimate of drug-likeness (QED) is 0.496. The Bertz CT molecular complexity index is 554. The Morgan fingerprint density at radius 3 is 2.38 bits per heavy atom. The van der Waals surface area contributed by atoms with Gasteiger partial charge in [-0.3, -0.25) is 14.9 Å². The van der Waals surface area contributed by atoms with Gasteiger partial charge in [0.15, 0.2) is 0 Å². The van der Waals surface area contributed by atoms with Crippen LogP contribution in [0.25, 0.3) is 0 Å². The molecule has 0 aromatic heterocycles. The van der Waals surface area contributed by atoms with Crippen LogP contribution in [0, 0.1) is 21.7 Å². The largest absolute Gasteiger partial charge is 0.345 e. The van der Waals surface area contributed by atoms with E-state index in [-0.39, 0.29) is 5.88 Å². The smallest absolute Gasteiger partial charge is 0.305 e. The molecule has 0 radical (unpaired) electrons. The first kappa shape index (κ1) is 17.3. The van der Waals surface area contributed by atoms with Crippen molar-refractivity contribution in [1.29, 1.82) is 0 Å². The molecule has 0 aliphatic carbocycles. The van der Waals surface area contributed by atoms with Crippen molar-refractivity contribution in [3.8, 4) is 0 Å². The number of rotatable bonds is 6. The summed E-state index contributed by atoms with van der Waals surface area (Å²) in [5, 5.41) is 13.1. The molecule has 1 aromatic rings. The fraction of sp³-hybridized carbons (Fsp3) is 0.462. The fourth-order valence-corrected chi connectivity index (χ4v) is 2.29. The molecule has 5 nitrogen and oxygen atoms in total. The Hall–Kier alpha value is -1.76. The van der Waals surface area contributed by atoms with Crippen LogP contribution >= 0.6 is 11.6 Å². The second-order valence-corrected chi connectivity index (χ2v) is 4.86. The SMILES string of the molecule is CCC(CC)(CCl)NC(=O)c1c(F)ccc([N+](=O)[O-])c1F. The highest BCUT2D eigenvalue weighted by Gasteiger charge is 2.32. The molecule has 1 aromatic carbocycles. The first-order chi connectivity index (χ1) is 9.81. The Morgan fingerprint density at radius 2 is 1.95 bits per heavy atom. The van der Waals surface area contributed by atoms with Crippen molar-refractivity contribution < 1.29 is 18.5 Å². The van der Waals surface area contributed by atoms with Crippen LogP contribution in [-0.4, -0.2) is 22.2 Å². The maximum absolute atomic E-state index is 13.9. The van der Waals surface area contributed by atoms with E-state index in [0.29, 0.717) is 25.0 Å². The molecule has 0 aliphatic rings. The van der Waals surface area contributed by atoms with Gasteiger partial charge in [-0.25, -0.2) is 4.39 Å². The van der Waals surface area contributed by atoms with Crippen molar-refractivity contribution in [2.45, 2.75) is 32.2 Å². The molecular weight excluding hydrogens is 306 g/mol. The summed E-state index contributed by atoms with van der Waals surface area (Å²) in [6.07, 6.45) is 0.911. The van der Waals surface area contributed by atoms with E-state index < -0.39 is 39.3 Å². The van der Waals surface area contributed by atoms with Gasteiger partial charge in [-0.1, -0.05) is 13.8 Å². The van der Waals surface area contributed by atoms with Gasteiger partial charge >= 0.3 is 5.69 Å². The molecule has 1 N–H and O–H groups in total. The lowest BCUT2D eigenvalue weighted by Gasteiger charge is -2.30. The maximum Gasteiger partial charge on any atom is 0.305 e. The second kappa shape index (κ2) is 6.80. The fourth-order valence-electron chi connectivity index (χ4n) is 1.84. The minimum atomic E-state index is -1.49. The van der Waals surface area contributed by atoms with E-state index in [1.165, 1.54) is 0 Å². The predicted octanol–water partition coefficient (Wildman–Crippen LogP) is 3.40. The van der Waals surface area contributed by atoms with E-state index in [1.807, 2.05) is 0 Å². The molecule has 1 rings (SSSR count). The van der Waals surface area contributed by atoms with Gasteiger partial charge in [-0.05, 0) is 18.9 Å². The molecule has 0 saturated heterocycles. The van der Waals surface area contributed by atoms with E-state index in [0.717, 1.165) is 0 Å². The highest BCUT2D eigenvalue weighted by molar-refractivity contribution is 6.19. The number of nitrogens with zero attached hydrogens (tertiary/aromatic N) is 1. The normalized spacial score (nSPS) is 11.3. The molecule has 0 saturated carbocycles. The van der Waals surface area contributed by atoms with Crippen LogP contribution in [0.3, 0.4) is 0 Å². The summed E-state index contributed by atoms with van der Waals surface area (Å²) in [6.45, 7) is 3.54. The third-order valence-corrected chi connectivity index (χ3v) is 3.99. The number of nitrogens with one attached hydrogen (secondary N) is 1. The Kier molecular flexibility index (Phi) is 5.60. The van der Waals surface area contributed by atoms with E-state index >= 15 is 0 Å². The number of amides is 1. The van der Waals surface area contributed by atoms with E-state index in [2.05, 4.69) is 5.32 Å². The van der Waals surface area contributed by atoms with Crippen LogP contribution in [0.4, 0.5) is 14.5 Å². The molecule has 0 unspecified atom stereocenters. The molecule has 8 heteroatoms. The molecule has 21 heavy (non-hydrogen) atoms. The van der Waals surface area contributed by atoms with Crippen LogP contribution in [-0.2, 0) is 0 Å². The first-order valence-electron chi connectivity index (χ1n) is 6.32. The molecule has 0 heterocycles. The van der Waals surface area contributed by atoms with Gasteiger partial charge in [0.05, 0.1) is 10.5 Å². The number of carbonyl (C=O) groups is 1. The molecule has 0 spiro atoms. The molecule has 0 aliphatic heterocycles. The van der Waals surface area contributed by atoms with Gasteiger partial charge in [0, 0.05) is 11.9 Å². The lowest BCUT2D eigenvalue weighted by Crippen LogP contribution is -2.49. The van der Waals surface area contributed by atoms with Crippen LogP contribution < -0.4 is 5.32 Å². The van der Waals surface area contributed by atoms with Gasteiger partial charge in [0.1, 0.15) is 11.4 Å². The molecule has 0 fully saturated rings. The zero-order valence-electron chi connectivity index (χ0n) is 11.6. The Balaban J connectivity index is 3.25. The summed E-state index contributed by atoms with van der Waals surface area (Å²) < 4.78 is 27.6. The van der Waals surface area contributed by atoms with E-state index in [9.17, 15) is 23.7 Å². The van der Waals surface area contributed by atoms with Crippen molar-refractivity contribution in [2.24, 2.45) is 0 Å². The van der Waals surface area contributed by atoms with Gasteiger partial charge in [-0.2, -0.15) is 4.39 Å². The number of carbonyl (C=O) groups excluding carboxylic acids is 1. The monoisotopic (exact) mass is 320 g/mol. The lowest BCUT2D eigenvalue weighted by molar-refractivity contribution is -0.387. The van der Waals surface area contributed by atoms with Crippen molar-refractivity contribution in [1.82, 2.24) is 5.32 Å². The summed E-state index contributed by atoms with van der Waals surface area (Å²) in [5.74, 6) is -3.65. The molecule has 0 bridgehead atoms. The molecule has 116 valence electrons. The van der Waals surface area contributed by atoms with Gasteiger partial charge in [-0.15, -0.1) is 11.6 Å². The topological polar surface area (TPSA) is 72.2 Å². The second-order valence-electron chi connectivity index (χ2n) is 4.59. The van der Waals surface area contributed by atoms with Gasteiger partial charge in [0.25, 0.3) is 5.91 Å². The summed E-state index contributed by atoms with van der Waals surface area (Å²) in [4.78, 5) is 21.7. The van der Waals surface area contributed by atoms with Gasteiger partial charge in [0.2, 0.25) is 5.82 Å². The highest BCUT2D eigenvalue weighted by Crippen LogP contribution is 2.25. The number of hydrogen-bond acceptors (Lipinski definition) is 3. The van der Waals surface area contributed by atoms with Crippen LogP contribution in [0.15, 0.2) is 12.1 Å². The Labute approximate surface area is 125 Å². The lowest BCUT2D eigenvalue weighted by atomic mass is 9.94. The summed E-state index contributed by atoms with van der Waals surface area (Å²) in [6, 6.07) is 1.37. The van der Waals surface area contributed by atoms with E-state index in [1.54, 1.807) is 13.8 Å². The predicted molar refractivity (Wildman–Crippen MR) is 74.5 cm³/mol. The first-order valence-corrected chi connectivity index (χ1v) is 6.86. The van der Waals surface area contributed by atoms with Crippen molar-refractivity contribution >= 4 is 23.2 Å². The van der Waals surface area contributed by atoms with Crippen molar-refractivity contribution in [3.63, 3.8) is 0 Å². The maximum atomic E-state index is 13.9. The van der Waals surface area contributed by atoms with E-state index in [4.69, 9.17) is 11.6 Å². The number of benzene rings is 1. The number of nitro benzene ring substituents is 1. The van der Waals surface area contributed by atoms with Gasteiger partial charge < -0.3 is 5.32 Å². The number of halogens is 3. The average molecular weight is 321 g/mol. The van der Waals surface area contributed by atoms with Crippen molar-refractivity contribution in [3.05, 3.63) is 39.4 Å². The summed E-state index contributed by atoms with van der Waals surface area (Å²) in [5.41, 5.74) is -2.74. The zero-order valence-corrected chi connectivity index (χ0v) is 12.3. The third kappa shape index (κ3) is 3.47. The highest BCUT2D eigenvalue weighted by atomic mass is 35.5. The standard InChI is InChI=1S/C13H15ClF2N2O3/c1-3-13(4-2,7-14)17-12(19)10-8(15)5-6-9(11(10)16)18(20)21/h5-6H,3-4,7H2,1-2H3,(H,17,19). The number of hydrogen-bond donors (Lipinski definition) is 1. The van der Waals surface area contributed by atoms with Crippen LogP contribution in [0.2, 0.25) is 0 Å². The molecule has 1 amide bonds. The Morgan fingerprint density at radius 1 is 1.38 bits per heavy atom. The minimum Gasteiger partial charge on any atom is -0.345 e. The minimum absolute atomic E-state index is 0.0594. The van der Waals surface area contributed by atoms with Crippen molar-refractivity contribution in [2.75, 3.05) is 5.88 Å². The molecular formula is C13H15ClF2N2O3. The summed E-state index contributed by atoms with van der Waals surface area (Å²) in [7, 11) is 0. The number of nitro groups is 1. The van der Waals surface area contributed by atoms with Crippen LogP contribution in [0.5, 0.6) is 0 Å². The van der Waals surface area contributed by atoms with Crippen LogP contribution in [0.1, 0.15) is 37.0 Å². The number of alkyl halides is 1. The average Bonchev–Trinajstić information content (AvgIpc) is 2.44. The summed E-state index contributed by atoms with van der Waals surface area (Å²) >= 11 is 5.81. The zero-order chi connectivity index (χ0) is 16.2. The molecule has 0 atom stereocenters. The third-order valence-electron chi connectivity index (χ3n) is 3.48.